The topological polar surface area (TPSA) is 88.0 Å². The van der Waals surface area contributed by atoms with Crippen LogP contribution >= 0.6 is 11.6 Å². The normalized spacial score (nSPS) is 15.7. The zero-order valence-corrected chi connectivity index (χ0v) is 18.0. The Morgan fingerprint density at radius 2 is 1.87 bits per heavy atom. The minimum Gasteiger partial charge on any atom is -0.491 e. The van der Waals surface area contributed by atoms with Crippen molar-refractivity contribution in [1.82, 2.24) is 19.8 Å². The van der Waals surface area contributed by atoms with Crippen LogP contribution in [0, 0.1) is 6.92 Å². The SMILES string of the molecule is CCOC(=O)N1CCN(CC(O)COc2cc(Cl)cc(-c3cnc(C)nc3)c2)CC1. The van der Waals surface area contributed by atoms with Crippen molar-refractivity contribution in [2.45, 2.75) is 20.0 Å². The molecule has 1 saturated heterocycles. The Bertz CT molecular complexity index is 841. The molecule has 1 aliphatic rings. The minimum atomic E-state index is -0.663. The number of β-amino-alcohol motifs (C(OH)–C–C–N with tert-alkyl or cyclic N) is 1. The molecular formula is C21H27ClN4O4. The number of ether oxygens (including phenoxy) is 2. The second kappa shape index (κ2) is 10.6. The molecule has 1 aliphatic heterocycles. The highest BCUT2D eigenvalue weighted by Gasteiger charge is 2.23. The average molecular weight is 435 g/mol. The maximum absolute atomic E-state index is 11.8. The molecule has 30 heavy (non-hydrogen) atoms. The molecule has 0 bridgehead atoms. The number of aryl methyl sites for hydroxylation is 1. The van der Waals surface area contributed by atoms with Gasteiger partial charge in [-0.1, -0.05) is 11.6 Å². The summed E-state index contributed by atoms with van der Waals surface area (Å²) in [5.74, 6) is 1.27. The molecule has 0 aliphatic carbocycles. The van der Waals surface area contributed by atoms with Gasteiger partial charge in [0.05, 0.1) is 6.61 Å². The lowest BCUT2D eigenvalue weighted by Crippen LogP contribution is -2.51. The highest BCUT2D eigenvalue weighted by molar-refractivity contribution is 6.31. The zero-order valence-electron chi connectivity index (χ0n) is 17.3. The Kier molecular flexibility index (Phi) is 7.84. The van der Waals surface area contributed by atoms with Gasteiger partial charge >= 0.3 is 6.09 Å². The van der Waals surface area contributed by atoms with Crippen LogP contribution in [0.2, 0.25) is 5.02 Å². The van der Waals surface area contributed by atoms with Crippen LogP contribution in [-0.2, 0) is 4.74 Å². The molecule has 3 rings (SSSR count). The number of aromatic nitrogens is 2. The van der Waals surface area contributed by atoms with Crippen LogP contribution < -0.4 is 4.74 Å². The van der Waals surface area contributed by atoms with Crippen LogP contribution in [0.3, 0.4) is 0 Å². The lowest BCUT2D eigenvalue weighted by atomic mass is 10.1. The number of nitrogens with zero attached hydrogens (tertiary/aromatic N) is 4. The van der Waals surface area contributed by atoms with Gasteiger partial charge < -0.3 is 19.5 Å². The fourth-order valence-corrected chi connectivity index (χ4v) is 3.45. The lowest BCUT2D eigenvalue weighted by Gasteiger charge is -2.34. The molecular weight excluding hydrogens is 408 g/mol. The molecule has 0 spiro atoms. The van der Waals surface area contributed by atoms with Gasteiger partial charge in [0.25, 0.3) is 0 Å². The first-order chi connectivity index (χ1) is 14.4. The van der Waals surface area contributed by atoms with E-state index in [-0.39, 0.29) is 12.7 Å². The van der Waals surface area contributed by atoms with Gasteiger partial charge in [0, 0.05) is 55.7 Å². The van der Waals surface area contributed by atoms with Crippen molar-refractivity contribution in [2.75, 3.05) is 45.9 Å². The Balaban J connectivity index is 1.50. The van der Waals surface area contributed by atoms with E-state index < -0.39 is 6.10 Å². The first kappa shape index (κ1) is 22.3. The lowest BCUT2D eigenvalue weighted by molar-refractivity contribution is 0.0408. The van der Waals surface area contributed by atoms with E-state index in [0.717, 1.165) is 11.1 Å². The van der Waals surface area contributed by atoms with Crippen molar-refractivity contribution in [2.24, 2.45) is 0 Å². The highest BCUT2D eigenvalue weighted by Crippen LogP contribution is 2.28. The zero-order chi connectivity index (χ0) is 21.5. The van der Waals surface area contributed by atoms with E-state index in [2.05, 4.69) is 14.9 Å². The van der Waals surface area contributed by atoms with Gasteiger partial charge in [0.15, 0.2) is 0 Å². The molecule has 2 heterocycles. The molecule has 8 nitrogen and oxygen atoms in total. The van der Waals surface area contributed by atoms with E-state index in [1.807, 2.05) is 19.1 Å². The smallest absolute Gasteiger partial charge is 0.409 e. The third-order valence-electron chi connectivity index (χ3n) is 4.80. The summed E-state index contributed by atoms with van der Waals surface area (Å²) in [4.78, 5) is 24.0. The largest absolute Gasteiger partial charge is 0.491 e. The van der Waals surface area contributed by atoms with Crippen LogP contribution in [0.15, 0.2) is 30.6 Å². The Labute approximate surface area is 181 Å². The molecule has 0 saturated carbocycles. The van der Waals surface area contributed by atoms with Crippen LogP contribution in [-0.4, -0.2) is 83.0 Å². The van der Waals surface area contributed by atoms with Crippen molar-refractivity contribution in [1.29, 1.82) is 0 Å². The first-order valence-electron chi connectivity index (χ1n) is 9.99. The number of hydrogen-bond donors (Lipinski definition) is 1. The van der Waals surface area contributed by atoms with Gasteiger partial charge in [0.1, 0.15) is 24.3 Å². The van der Waals surface area contributed by atoms with Gasteiger partial charge in [-0.2, -0.15) is 0 Å². The summed E-state index contributed by atoms with van der Waals surface area (Å²) >= 11 is 6.23. The van der Waals surface area contributed by atoms with Gasteiger partial charge in [-0.25, -0.2) is 14.8 Å². The standard InChI is InChI=1S/C21H27ClN4O4/c1-3-29-21(28)26-6-4-25(5-7-26)13-19(27)14-30-20-9-16(8-18(22)10-20)17-11-23-15(2)24-12-17/h8-12,19,27H,3-7,13-14H2,1-2H3. The van der Waals surface area contributed by atoms with Crippen molar-refractivity contribution in [3.63, 3.8) is 0 Å². The molecule has 1 aromatic heterocycles. The van der Waals surface area contributed by atoms with Crippen LogP contribution in [0.5, 0.6) is 5.75 Å². The molecule has 1 atom stereocenters. The number of carbonyl (C=O) groups excluding carboxylic acids is 1. The summed E-state index contributed by atoms with van der Waals surface area (Å²) in [6, 6.07) is 5.39. The van der Waals surface area contributed by atoms with Gasteiger partial charge in [-0.15, -0.1) is 0 Å². The minimum absolute atomic E-state index is 0.141. The number of aliphatic hydroxyl groups is 1. The number of benzene rings is 1. The number of aliphatic hydroxyl groups excluding tert-OH is 1. The van der Waals surface area contributed by atoms with E-state index in [1.165, 1.54) is 0 Å². The fourth-order valence-electron chi connectivity index (χ4n) is 3.23. The summed E-state index contributed by atoms with van der Waals surface area (Å²) in [6.07, 6.45) is 2.53. The van der Waals surface area contributed by atoms with Crippen LogP contribution in [0.4, 0.5) is 4.79 Å². The Morgan fingerprint density at radius 1 is 1.17 bits per heavy atom. The van der Waals surface area contributed by atoms with E-state index in [0.29, 0.717) is 55.9 Å². The van der Waals surface area contributed by atoms with E-state index in [4.69, 9.17) is 21.1 Å². The van der Waals surface area contributed by atoms with Crippen LogP contribution in [0.1, 0.15) is 12.7 Å². The maximum atomic E-state index is 11.8. The number of rotatable bonds is 7. The summed E-state index contributed by atoms with van der Waals surface area (Å²) in [5.41, 5.74) is 1.69. The van der Waals surface area contributed by atoms with Crippen molar-refractivity contribution in [3.05, 3.63) is 41.4 Å². The molecule has 9 heteroatoms. The highest BCUT2D eigenvalue weighted by atomic mass is 35.5. The van der Waals surface area contributed by atoms with Crippen LogP contribution in [0.25, 0.3) is 11.1 Å². The van der Waals surface area contributed by atoms with Gasteiger partial charge in [0.2, 0.25) is 0 Å². The second-order valence-electron chi connectivity index (χ2n) is 7.15. The fraction of sp³-hybridized carbons (Fsp3) is 0.476. The first-order valence-corrected chi connectivity index (χ1v) is 10.4. The Morgan fingerprint density at radius 3 is 2.53 bits per heavy atom. The van der Waals surface area contributed by atoms with Gasteiger partial charge in [-0.05, 0) is 37.6 Å². The van der Waals surface area contributed by atoms with E-state index in [1.54, 1.807) is 30.3 Å². The molecule has 1 amide bonds. The summed E-state index contributed by atoms with van der Waals surface area (Å²) in [6.45, 7) is 7.15. The molecule has 1 unspecified atom stereocenters. The molecule has 1 fully saturated rings. The summed E-state index contributed by atoms with van der Waals surface area (Å²) < 4.78 is 10.8. The van der Waals surface area contributed by atoms with Gasteiger partial charge in [-0.3, -0.25) is 4.90 Å². The molecule has 1 aromatic carbocycles. The molecule has 0 radical (unpaired) electrons. The molecule has 162 valence electrons. The second-order valence-corrected chi connectivity index (χ2v) is 7.58. The van der Waals surface area contributed by atoms with Crippen molar-refractivity contribution < 1.29 is 19.4 Å². The number of amides is 1. The third kappa shape index (κ3) is 6.29. The average Bonchev–Trinajstić information content (AvgIpc) is 2.73. The van der Waals surface area contributed by atoms with Crippen molar-refractivity contribution >= 4 is 17.7 Å². The number of halogens is 1. The predicted molar refractivity (Wildman–Crippen MR) is 114 cm³/mol. The molecule has 1 N–H and O–H groups in total. The maximum Gasteiger partial charge on any atom is 0.409 e. The third-order valence-corrected chi connectivity index (χ3v) is 5.01. The van der Waals surface area contributed by atoms with E-state index >= 15 is 0 Å². The monoisotopic (exact) mass is 434 g/mol. The predicted octanol–water partition coefficient (Wildman–Crippen LogP) is 2.62. The van der Waals surface area contributed by atoms with Crippen molar-refractivity contribution in [3.8, 4) is 16.9 Å². The Hall–Kier alpha value is -2.42. The van der Waals surface area contributed by atoms with E-state index in [9.17, 15) is 9.90 Å². The number of hydrogen-bond acceptors (Lipinski definition) is 7. The summed E-state index contributed by atoms with van der Waals surface area (Å²) in [7, 11) is 0. The number of carbonyl (C=O) groups is 1. The molecule has 2 aromatic rings. The quantitative estimate of drug-likeness (QED) is 0.716. The number of piperazine rings is 1. The summed E-state index contributed by atoms with van der Waals surface area (Å²) in [5, 5.41) is 10.9.